The number of halogens is 1. The Morgan fingerprint density at radius 1 is 1.38 bits per heavy atom. The molecule has 0 saturated carbocycles. The average molecular weight is 223 g/mol. The van der Waals surface area contributed by atoms with Gasteiger partial charge >= 0.3 is 0 Å². The molecule has 2 nitrogen and oxygen atoms in total. The van der Waals surface area contributed by atoms with Crippen LogP contribution in [0.25, 0.3) is 0 Å². The van der Waals surface area contributed by atoms with Gasteiger partial charge in [0.25, 0.3) is 0 Å². The molecule has 1 unspecified atom stereocenters. The van der Waals surface area contributed by atoms with Gasteiger partial charge in [0.15, 0.2) is 5.78 Å². The fraction of sp³-hybridized carbons (Fsp3) is 0.462. The molecule has 3 heteroatoms. The van der Waals surface area contributed by atoms with Gasteiger partial charge in [-0.2, -0.15) is 0 Å². The van der Waals surface area contributed by atoms with E-state index in [2.05, 4.69) is 13.8 Å². The highest BCUT2D eigenvalue weighted by atomic mass is 19.1. The van der Waals surface area contributed by atoms with Crippen molar-refractivity contribution in [1.82, 2.24) is 4.90 Å². The number of carbonyl (C=O) groups is 1. The second-order valence-corrected chi connectivity index (χ2v) is 4.10. The number of ketones is 1. The van der Waals surface area contributed by atoms with Crippen molar-refractivity contribution < 1.29 is 9.18 Å². The Hall–Kier alpha value is -1.22. The third-order valence-electron chi connectivity index (χ3n) is 2.90. The summed E-state index contributed by atoms with van der Waals surface area (Å²) in [6.07, 6.45) is 1.01. The number of hydrogen-bond acceptors (Lipinski definition) is 2. The number of rotatable bonds is 5. The van der Waals surface area contributed by atoms with Crippen molar-refractivity contribution in [2.75, 3.05) is 13.6 Å². The van der Waals surface area contributed by atoms with Crippen LogP contribution >= 0.6 is 0 Å². The maximum Gasteiger partial charge on any atom is 0.176 e. The van der Waals surface area contributed by atoms with Crippen molar-refractivity contribution in [1.29, 1.82) is 0 Å². The zero-order valence-electron chi connectivity index (χ0n) is 10.0. The first kappa shape index (κ1) is 12.8. The minimum atomic E-state index is -0.313. The smallest absolute Gasteiger partial charge is 0.176 e. The minimum Gasteiger partial charge on any atom is -0.296 e. The molecule has 0 bridgehead atoms. The lowest BCUT2D eigenvalue weighted by atomic mass is 10.1. The van der Waals surface area contributed by atoms with Crippen molar-refractivity contribution in [2.24, 2.45) is 0 Å². The second-order valence-electron chi connectivity index (χ2n) is 4.10. The summed E-state index contributed by atoms with van der Waals surface area (Å²) in [4.78, 5) is 13.8. The summed E-state index contributed by atoms with van der Waals surface area (Å²) in [5, 5.41) is 0. The molecule has 0 aromatic heterocycles. The maximum atomic E-state index is 12.7. The molecule has 0 aliphatic rings. The molecule has 0 aliphatic heterocycles. The molecule has 0 aliphatic carbocycles. The Labute approximate surface area is 96.1 Å². The molecule has 88 valence electrons. The Morgan fingerprint density at radius 2 is 1.94 bits per heavy atom. The lowest BCUT2D eigenvalue weighted by Gasteiger charge is -2.22. The number of hydrogen-bond donors (Lipinski definition) is 0. The number of Topliss-reactive ketones (excluding diaryl/α,β-unsaturated/α-hetero) is 1. The molecule has 1 atom stereocenters. The highest BCUT2D eigenvalue weighted by Gasteiger charge is 2.12. The first-order valence-electron chi connectivity index (χ1n) is 5.53. The van der Waals surface area contributed by atoms with E-state index in [4.69, 9.17) is 0 Å². The number of benzene rings is 1. The largest absolute Gasteiger partial charge is 0.296 e. The standard InChI is InChI=1S/C13H18FNO/c1-4-10(2)15(3)9-13(16)11-5-7-12(14)8-6-11/h5-8,10H,4,9H2,1-3H3. The van der Waals surface area contributed by atoms with Gasteiger partial charge in [-0.1, -0.05) is 6.92 Å². The Morgan fingerprint density at radius 3 is 2.44 bits per heavy atom. The van der Waals surface area contributed by atoms with Crippen LogP contribution in [0.15, 0.2) is 24.3 Å². The van der Waals surface area contributed by atoms with Crippen LogP contribution in [0.4, 0.5) is 4.39 Å². The Balaban J connectivity index is 2.62. The summed E-state index contributed by atoms with van der Waals surface area (Å²) in [5.41, 5.74) is 0.566. The Bertz CT molecular complexity index is 347. The SMILES string of the molecule is CCC(C)N(C)CC(=O)c1ccc(F)cc1. The summed E-state index contributed by atoms with van der Waals surface area (Å²) in [6.45, 7) is 4.54. The maximum absolute atomic E-state index is 12.7. The Kier molecular flexibility index (Phi) is 4.62. The van der Waals surface area contributed by atoms with E-state index < -0.39 is 0 Å². The van der Waals surface area contributed by atoms with Crippen LogP contribution in [-0.4, -0.2) is 30.3 Å². The minimum absolute atomic E-state index is 0.0304. The van der Waals surface area contributed by atoms with E-state index in [0.717, 1.165) is 6.42 Å². The molecule has 0 radical (unpaired) electrons. The first-order valence-corrected chi connectivity index (χ1v) is 5.53. The molecule has 0 fully saturated rings. The van der Waals surface area contributed by atoms with Gasteiger partial charge in [-0.05, 0) is 44.7 Å². The van der Waals surface area contributed by atoms with Gasteiger partial charge in [0.05, 0.1) is 6.54 Å². The summed E-state index contributed by atoms with van der Waals surface area (Å²) in [5.74, 6) is -0.283. The van der Waals surface area contributed by atoms with Crippen LogP contribution in [0.5, 0.6) is 0 Å². The van der Waals surface area contributed by atoms with Crippen LogP contribution in [0, 0.1) is 5.82 Å². The first-order chi connectivity index (χ1) is 7.54. The van der Waals surface area contributed by atoms with E-state index in [1.54, 1.807) is 0 Å². The van der Waals surface area contributed by atoms with Gasteiger partial charge < -0.3 is 0 Å². The predicted molar refractivity (Wildman–Crippen MR) is 63.1 cm³/mol. The molecule has 0 heterocycles. The van der Waals surface area contributed by atoms with Gasteiger partial charge in [0, 0.05) is 11.6 Å². The topological polar surface area (TPSA) is 20.3 Å². The number of likely N-dealkylation sites (N-methyl/N-ethyl adjacent to an activating group) is 1. The summed E-state index contributed by atoms with van der Waals surface area (Å²) < 4.78 is 12.7. The second kappa shape index (κ2) is 5.75. The summed E-state index contributed by atoms with van der Waals surface area (Å²) >= 11 is 0. The zero-order valence-corrected chi connectivity index (χ0v) is 10.0. The summed E-state index contributed by atoms with van der Waals surface area (Å²) in [6, 6.07) is 6.07. The van der Waals surface area contributed by atoms with E-state index in [-0.39, 0.29) is 11.6 Å². The van der Waals surface area contributed by atoms with Crippen LogP contribution in [0.2, 0.25) is 0 Å². The highest BCUT2D eigenvalue weighted by Crippen LogP contribution is 2.06. The normalized spacial score (nSPS) is 12.8. The monoisotopic (exact) mass is 223 g/mol. The third-order valence-corrected chi connectivity index (χ3v) is 2.90. The van der Waals surface area contributed by atoms with E-state index >= 15 is 0 Å². The third kappa shape index (κ3) is 3.42. The molecular formula is C13H18FNO. The van der Waals surface area contributed by atoms with Crippen LogP contribution in [-0.2, 0) is 0 Å². The molecule has 16 heavy (non-hydrogen) atoms. The number of nitrogens with zero attached hydrogens (tertiary/aromatic N) is 1. The van der Waals surface area contributed by atoms with Crippen LogP contribution in [0.1, 0.15) is 30.6 Å². The van der Waals surface area contributed by atoms with Gasteiger partial charge in [0.2, 0.25) is 0 Å². The fourth-order valence-electron chi connectivity index (χ4n) is 1.42. The molecular weight excluding hydrogens is 205 g/mol. The van der Waals surface area contributed by atoms with Gasteiger partial charge in [-0.3, -0.25) is 9.69 Å². The molecule has 1 aromatic carbocycles. The lowest BCUT2D eigenvalue weighted by molar-refractivity contribution is 0.0923. The molecule has 0 N–H and O–H groups in total. The zero-order chi connectivity index (χ0) is 12.1. The van der Waals surface area contributed by atoms with Crippen molar-refractivity contribution in [3.63, 3.8) is 0 Å². The van der Waals surface area contributed by atoms with E-state index in [0.29, 0.717) is 18.2 Å². The van der Waals surface area contributed by atoms with E-state index in [1.807, 2.05) is 11.9 Å². The fourth-order valence-corrected chi connectivity index (χ4v) is 1.42. The molecule has 0 amide bonds. The van der Waals surface area contributed by atoms with Crippen LogP contribution < -0.4 is 0 Å². The molecule has 0 saturated heterocycles. The number of carbonyl (C=O) groups excluding carboxylic acids is 1. The quantitative estimate of drug-likeness (QED) is 0.715. The molecule has 1 rings (SSSR count). The van der Waals surface area contributed by atoms with Crippen LogP contribution in [0.3, 0.4) is 0 Å². The van der Waals surface area contributed by atoms with Gasteiger partial charge in [-0.15, -0.1) is 0 Å². The van der Waals surface area contributed by atoms with E-state index in [9.17, 15) is 9.18 Å². The molecule has 0 spiro atoms. The molecule has 1 aromatic rings. The summed E-state index contributed by atoms with van der Waals surface area (Å²) in [7, 11) is 1.93. The van der Waals surface area contributed by atoms with Crippen molar-refractivity contribution in [3.05, 3.63) is 35.6 Å². The average Bonchev–Trinajstić information content (AvgIpc) is 2.28. The highest BCUT2D eigenvalue weighted by molar-refractivity contribution is 5.97. The van der Waals surface area contributed by atoms with Gasteiger partial charge in [-0.25, -0.2) is 4.39 Å². The van der Waals surface area contributed by atoms with E-state index in [1.165, 1.54) is 24.3 Å². The van der Waals surface area contributed by atoms with Gasteiger partial charge in [0.1, 0.15) is 5.82 Å². The lowest BCUT2D eigenvalue weighted by Crippen LogP contribution is -2.33. The predicted octanol–water partition coefficient (Wildman–Crippen LogP) is 2.74. The van der Waals surface area contributed by atoms with Crippen molar-refractivity contribution in [3.8, 4) is 0 Å². The van der Waals surface area contributed by atoms with Crippen molar-refractivity contribution in [2.45, 2.75) is 26.3 Å². The van der Waals surface area contributed by atoms with Crippen molar-refractivity contribution >= 4 is 5.78 Å².